The van der Waals surface area contributed by atoms with E-state index in [9.17, 15) is 9.18 Å². The topological polar surface area (TPSA) is 55.1 Å². The van der Waals surface area contributed by atoms with Crippen molar-refractivity contribution < 1.29 is 14.3 Å². The number of fused-ring (bicyclic) bond motifs is 1. The number of benzene rings is 1. The van der Waals surface area contributed by atoms with Crippen molar-refractivity contribution >= 4 is 40.4 Å². The normalized spacial score (nSPS) is 10.9. The van der Waals surface area contributed by atoms with E-state index >= 15 is 0 Å². The van der Waals surface area contributed by atoms with Gasteiger partial charge in [0.1, 0.15) is 5.82 Å². The molecular formula is C14H14ClFN2O2S. The fourth-order valence-electron chi connectivity index (χ4n) is 1.78. The summed E-state index contributed by atoms with van der Waals surface area (Å²) in [5, 5.41) is 9.33. The lowest BCUT2D eigenvalue weighted by atomic mass is 10.3. The molecule has 0 radical (unpaired) electrons. The van der Waals surface area contributed by atoms with Gasteiger partial charge >= 0.3 is 5.97 Å². The zero-order chi connectivity index (χ0) is 15.6. The summed E-state index contributed by atoms with van der Waals surface area (Å²) >= 11 is 6.87. The SMILES string of the molecule is CC(C)=CCn1c(SCC(=O)O)nc2cc(Cl)c(F)cc21. The van der Waals surface area contributed by atoms with E-state index in [1.807, 2.05) is 19.9 Å². The van der Waals surface area contributed by atoms with Crippen molar-refractivity contribution in [3.05, 3.63) is 34.6 Å². The number of halogens is 2. The first-order chi connectivity index (χ1) is 9.88. The third-order valence-corrected chi connectivity index (χ3v) is 4.01. The third kappa shape index (κ3) is 3.77. The van der Waals surface area contributed by atoms with Crippen LogP contribution < -0.4 is 0 Å². The molecule has 0 spiro atoms. The first kappa shape index (κ1) is 15.9. The summed E-state index contributed by atoms with van der Waals surface area (Å²) in [4.78, 5) is 15.1. The quantitative estimate of drug-likeness (QED) is 0.666. The van der Waals surface area contributed by atoms with Crippen LogP contribution in [0.3, 0.4) is 0 Å². The van der Waals surface area contributed by atoms with Crippen LogP contribution >= 0.6 is 23.4 Å². The Morgan fingerprint density at radius 1 is 1.52 bits per heavy atom. The first-order valence-electron chi connectivity index (χ1n) is 6.21. The lowest BCUT2D eigenvalue weighted by Gasteiger charge is -2.06. The second kappa shape index (κ2) is 6.49. The first-order valence-corrected chi connectivity index (χ1v) is 7.58. The summed E-state index contributed by atoms with van der Waals surface area (Å²) in [6, 6.07) is 2.78. The average molecular weight is 329 g/mol. The summed E-state index contributed by atoms with van der Waals surface area (Å²) in [5.41, 5.74) is 2.26. The van der Waals surface area contributed by atoms with E-state index in [0.717, 1.165) is 17.3 Å². The monoisotopic (exact) mass is 328 g/mol. The molecule has 0 atom stereocenters. The fourth-order valence-corrected chi connectivity index (χ4v) is 2.69. The van der Waals surface area contributed by atoms with E-state index in [1.165, 1.54) is 12.1 Å². The molecule has 1 aromatic carbocycles. The van der Waals surface area contributed by atoms with Gasteiger partial charge in [-0.15, -0.1) is 0 Å². The molecule has 7 heteroatoms. The van der Waals surface area contributed by atoms with E-state index in [2.05, 4.69) is 4.98 Å². The Morgan fingerprint density at radius 2 is 2.24 bits per heavy atom. The van der Waals surface area contributed by atoms with Crippen molar-refractivity contribution in [1.82, 2.24) is 9.55 Å². The number of thioether (sulfide) groups is 1. The van der Waals surface area contributed by atoms with E-state index in [4.69, 9.17) is 16.7 Å². The van der Waals surface area contributed by atoms with Gasteiger partial charge < -0.3 is 9.67 Å². The van der Waals surface area contributed by atoms with E-state index in [1.54, 1.807) is 4.57 Å². The van der Waals surface area contributed by atoms with Crippen LogP contribution in [0.4, 0.5) is 4.39 Å². The Balaban J connectivity index is 2.51. The molecule has 0 bridgehead atoms. The Hall–Kier alpha value is -1.53. The van der Waals surface area contributed by atoms with Crippen LogP contribution in [-0.2, 0) is 11.3 Å². The van der Waals surface area contributed by atoms with Crippen LogP contribution in [0.15, 0.2) is 28.9 Å². The molecule has 0 aliphatic carbocycles. The van der Waals surface area contributed by atoms with Gasteiger partial charge in [-0.25, -0.2) is 9.37 Å². The molecule has 2 rings (SSSR count). The molecule has 0 amide bonds. The van der Waals surface area contributed by atoms with Gasteiger partial charge in [0.05, 0.1) is 21.8 Å². The highest BCUT2D eigenvalue weighted by Crippen LogP contribution is 2.28. The van der Waals surface area contributed by atoms with Gasteiger partial charge in [0, 0.05) is 12.6 Å². The number of hydrogen-bond acceptors (Lipinski definition) is 3. The maximum atomic E-state index is 13.7. The van der Waals surface area contributed by atoms with Crippen LogP contribution in [0.1, 0.15) is 13.8 Å². The van der Waals surface area contributed by atoms with Crippen molar-refractivity contribution in [2.45, 2.75) is 25.5 Å². The maximum Gasteiger partial charge on any atom is 0.313 e. The van der Waals surface area contributed by atoms with Crippen molar-refractivity contribution in [1.29, 1.82) is 0 Å². The van der Waals surface area contributed by atoms with E-state index < -0.39 is 11.8 Å². The van der Waals surface area contributed by atoms with Crippen LogP contribution in [0, 0.1) is 5.82 Å². The van der Waals surface area contributed by atoms with Crippen molar-refractivity contribution in [2.24, 2.45) is 0 Å². The Kier molecular flexibility index (Phi) is 4.90. The highest BCUT2D eigenvalue weighted by molar-refractivity contribution is 7.99. The highest BCUT2D eigenvalue weighted by Gasteiger charge is 2.14. The number of nitrogens with zero attached hydrogens (tertiary/aromatic N) is 2. The Labute approximate surface area is 130 Å². The molecule has 0 aliphatic rings. The minimum Gasteiger partial charge on any atom is -0.481 e. The molecule has 2 aromatic rings. The molecule has 1 aromatic heterocycles. The highest BCUT2D eigenvalue weighted by atomic mass is 35.5. The molecule has 21 heavy (non-hydrogen) atoms. The molecule has 0 aliphatic heterocycles. The second-order valence-electron chi connectivity index (χ2n) is 4.72. The number of aromatic nitrogens is 2. The Morgan fingerprint density at radius 3 is 2.86 bits per heavy atom. The van der Waals surface area contributed by atoms with Gasteiger partial charge in [-0.05, 0) is 19.9 Å². The number of aliphatic carboxylic acids is 1. The van der Waals surface area contributed by atoms with E-state index in [-0.39, 0.29) is 10.8 Å². The summed E-state index contributed by atoms with van der Waals surface area (Å²) in [5.74, 6) is -1.55. The zero-order valence-corrected chi connectivity index (χ0v) is 13.1. The van der Waals surface area contributed by atoms with Crippen LogP contribution in [0.25, 0.3) is 11.0 Å². The van der Waals surface area contributed by atoms with Crippen LogP contribution in [0.2, 0.25) is 5.02 Å². The summed E-state index contributed by atoms with van der Waals surface area (Å²) in [6.07, 6.45) is 1.97. The molecule has 0 saturated carbocycles. The minimum absolute atomic E-state index is 0.00384. The molecular weight excluding hydrogens is 315 g/mol. The summed E-state index contributed by atoms with van der Waals surface area (Å²) in [6.45, 7) is 4.42. The van der Waals surface area contributed by atoms with Gasteiger partial charge in [-0.3, -0.25) is 4.79 Å². The number of carbonyl (C=O) groups is 1. The molecule has 1 heterocycles. The van der Waals surface area contributed by atoms with E-state index in [0.29, 0.717) is 22.7 Å². The molecule has 1 N–H and O–H groups in total. The Bertz CT molecular complexity index is 723. The predicted molar refractivity (Wildman–Crippen MR) is 82.5 cm³/mol. The zero-order valence-electron chi connectivity index (χ0n) is 11.6. The van der Waals surface area contributed by atoms with Crippen LogP contribution in [-0.4, -0.2) is 26.4 Å². The third-order valence-electron chi connectivity index (χ3n) is 2.76. The lowest BCUT2D eigenvalue weighted by molar-refractivity contribution is -0.133. The largest absolute Gasteiger partial charge is 0.481 e. The van der Waals surface area contributed by atoms with Gasteiger partial charge in [0.25, 0.3) is 0 Å². The van der Waals surface area contributed by atoms with Gasteiger partial charge in [0.2, 0.25) is 0 Å². The standard InChI is InChI=1S/C14H14ClFN2O2S/c1-8(2)3-4-18-12-6-10(16)9(15)5-11(12)17-14(18)21-7-13(19)20/h3,5-6H,4,7H2,1-2H3,(H,19,20). The molecule has 0 unspecified atom stereocenters. The molecule has 0 saturated heterocycles. The van der Waals surface area contributed by atoms with Gasteiger partial charge in [-0.1, -0.05) is 35.0 Å². The second-order valence-corrected chi connectivity index (χ2v) is 6.07. The smallest absolute Gasteiger partial charge is 0.313 e. The number of carboxylic acid groups (broad SMARTS) is 1. The number of rotatable bonds is 5. The van der Waals surface area contributed by atoms with Crippen LogP contribution in [0.5, 0.6) is 0 Å². The van der Waals surface area contributed by atoms with Crippen molar-refractivity contribution in [2.75, 3.05) is 5.75 Å². The number of carboxylic acids is 1. The predicted octanol–water partition coefficient (Wildman–Crippen LogP) is 3.97. The molecule has 0 fully saturated rings. The van der Waals surface area contributed by atoms with Crippen molar-refractivity contribution in [3.8, 4) is 0 Å². The molecule has 4 nitrogen and oxygen atoms in total. The number of hydrogen-bond donors (Lipinski definition) is 1. The summed E-state index contributed by atoms with van der Waals surface area (Å²) < 4.78 is 15.4. The summed E-state index contributed by atoms with van der Waals surface area (Å²) in [7, 11) is 0. The average Bonchev–Trinajstić information content (AvgIpc) is 2.71. The van der Waals surface area contributed by atoms with Crippen molar-refractivity contribution in [3.63, 3.8) is 0 Å². The number of imidazole rings is 1. The minimum atomic E-state index is -0.926. The molecule has 112 valence electrons. The fraction of sp³-hybridized carbons (Fsp3) is 0.286. The lowest BCUT2D eigenvalue weighted by Crippen LogP contribution is -2.02. The van der Waals surface area contributed by atoms with Gasteiger partial charge in [-0.2, -0.15) is 0 Å². The maximum absolute atomic E-state index is 13.7. The van der Waals surface area contributed by atoms with Gasteiger partial charge in [0.15, 0.2) is 5.16 Å². The number of allylic oxidation sites excluding steroid dienone is 2.